The summed E-state index contributed by atoms with van der Waals surface area (Å²) in [6.45, 7) is 2.94. The minimum absolute atomic E-state index is 0.0235. The van der Waals surface area contributed by atoms with Gasteiger partial charge in [0.1, 0.15) is 0 Å². The zero-order chi connectivity index (χ0) is 28.3. The Balaban J connectivity index is 1.56. The maximum atomic E-state index is 13.8. The number of halogens is 4. The average Bonchev–Trinajstić information content (AvgIpc) is 3.30. The molecule has 5 aromatic rings. The number of aryl methyl sites for hydroxylation is 1. The third-order valence-electron chi connectivity index (χ3n) is 7.09. The molecule has 1 heterocycles. The average molecular weight is 561 g/mol. The predicted molar refractivity (Wildman–Crippen MR) is 153 cm³/mol. The summed E-state index contributed by atoms with van der Waals surface area (Å²) in [5.74, 6) is -0.883. The van der Waals surface area contributed by atoms with Crippen LogP contribution >= 0.6 is 11.6 Å². The Kier molecular flexibility index (Phi) is 7.99. The fourth-order valence-electron chi connectivity index (χ4n) is 5.01. The van der Waals surface area contributed by atoms with Gasteiger partial charge in [-0.25, -0.2) is 0 Å². The Morgan fingerprint density at radius 1 is 0.900 bits per heavy atom. The van der Waals surface area contributed by atoms with E-state index in [0.717, 1.165) is 39.2 Å². The smallest absolute Gasteiger partial charge is 0.352 e. The first-order valence-corrected chi connectivity index (χ1v) is 13.4. The summed E-state index contributed by atoms with van der Waals surface area (Å²) >= 11 is 5.95. The van der Waals surface area contributed by atoms with Crippen LogP contribution in [0.3, 0.4) is 0 Å². The van der Waals surface area contributed by atoms with Crippen LogP contribution in [-0.2, 0) is 24.1 Å². The first kappa shape index (κ1) is 27.5. The van der Waals surface area contributed by atoms with Crippen molar-refractivity contribution in [3.8, 4) is 0 Å². The highest BCUT2D eigenvalue weighted by Crippen LogP contribution is 2.40. The number of carbonyl (C=O) groups excluding carboxylic acids is 1. The monoisotopic (exact) mass is 560 g/mol. The standard InChI is InChI=1S/C33H28ClF3N2O/c1-22-11-13-24(14-12-22)20-39-21-28(26-9-5-6-10-31(26)39)27(18-32(40)38-19-23-7-3-2-4-8-23)25-15-16-30(34)29(17-25)33(35,36)37/h2-17,21,27H,18-20H2,1H3,(H,38,40)/t27-/m1/s1. The number of nitrogens with one attached hydrogen (secondary N) is 1. The molecule has 0 saturated heterocycles. The van der Waals surface area contributed by atoms with E-state index in [1.165, 1.54) is 6.07 Å². The maximum absolute atomic E-state index is 13.8. The molecule has 1 atom stereocenters. The number of hydrogen-bond acceptors (Lipinski definition) is 1. The number of rotatable bonds is 8. The molecule has 204 valence electrons. The van der Waals surface area contributed by atoms with E-state index in [-0.39, 0.29) is 17.4 Å². The van der Waals surface area contributed by atoms with Gasteiger partial charge in [-0.1, -0.05) is 96.0 Å². The zero-order valence-electron chi connectivity index (χ0n) is 21.9. The molecule has 1 amide bonds. The Morgan fingerprint density at radius 3 is 2.33 bits per heavy atom. The fourth-order valence-corrected chi connectivity index (χ4v) is 5.24. The summed E-state index contributed by atoms with van der Waals surface area (Å²) < 4.78 is 43.6. The van der Waals surface area contributed by atoms with E-state index in [4.69, 9.17) is 11.6 Å². The van der Waals surface area contributed by atoms with Gasteiger partial charge in [0.2, 0.25) is 5.91 Å². The van der Waals surface area contributed by atoms with Crippen LogP contribution in [0.1, 0.15) is 45.7 Å². The second kappa shape index (κ2) is 11.6. The number of para-hydroxylation sites is 1. The Bertz CT molecular complexity index is 1630. The minimum atomic E-state index is -4.62. The molecule has 0 bridgehead atoms. The first-order chi connectivity index (χ1) is 19.2. The third kappa shape index (κ3) is 6.23. The van der Waals surface area contributed by atoms with Crippen molar-refractivity contribution in [2.75, 3.05) is 0 Å². The van der Waals surface area contributed by atoms with Gasteiger partial charge in [0.15, 0.2) is 0 Å². The lowest BCUT2D eigenvalue weighted by atomic mass is 9.87. The summed E-state index contributed by atoms with van der Waals surface area (Å²) in [5.41, 5.74) is 4.39. The van der Waals surface area contributed by atoms with Gasteiger partial charge in [-0.2, -0.15) is 13.2 Å². The zero-order valence-corrected chi connectivity index (χ0v) is 22.6. The molecule has 0 aliphatic heterocycles. The van der Waals surface area contributed by atoms with Gasteiger partial charge in [0.05, 0.1) is 10.6 Å². The van der Waals surface area contributed by atoms with Crippen molar-refractivity contribution < 1.29 is 18.0 Å². The molecule has 1 aromatic heterocycles. The number of aromatic nitrogens is 1. The molecule has 0 radical (unpaired) electrons. The second-order valence-electron chi connectivity index (χ2n) is 9.97. The van der Waals surface area contributed by atoms with Crippen molar-refractivity contribution in [2.24, 2.45) is 0 Å². The largest absolute Gasteiger partial charge is 0.417 e. The van der Waals surface area contributed by atoms with Gasteiger partial charge in [0.25, 0.3) is 0 Å². The van der Waals surface area contributed by atoms with Gasteiger partial charge >= 0.3 is 6.18 Å². The normalized spacial score (nSPS) is 12.4. The van der Waals surface area contributed by atoms with Crippen molar-refractivity contribution >= 4 is 28.4 Å². The number of amides is 1. The molecular formula is C33H28ClF3N2O. The highest BCUT2D eigenvalue weighted by atomic mass is 35.5. The molecule has 1 N–H and O–H groups in total. The number of hydrogen-bond donors (Lipinski definition) is 1. The Labute approximate surface area is 236 Å². The summed E-state index contributed by atoms with van der Waals surface area (Å²) in [6, 6.07) is 29.4. The van der Waals surface area contributed by atoms with Gasteiger partial charge in [0, 0.05) is 42.5 Å². The summed E-state index contributed by atoms with van der Waals surface area (Å²) in [7, 11) is 0. The molecule has 3 nitrogen and oxygen atoms in total. The van der Waals surface area contributed by atoms with E-state index >= 15 is 0 Å². The van der Waals surface area contributed by atoms with Gasteiger partial charge in [-0.05, 0) is 47.4 Å². The number of alkyl halides is 3. The predicted octanol–water partition coefficient (Wildman–Crippen LogP) is 8.51. The highest BCUT2D eigenvalue weighted by Gasteiger charge is 2.34. The van der Waals surface area contributed by atoms with Crippen LogP contribution in [-0.4, -0.2) is 10.5 Å². The third-order valence-corrected chi connectivity index (χ3v) is 7.42. The lowest BCUT2D eigenvalue weighted by molar-refractivity contribution is -0.137. The van der Waals surface area contributed by atoms with Crippen molar-refractivity contribution in [3.05, 3.63) is 142 Å². The van der Waals surface area contributed by atoms with Crippen molar-refractivity contribution in [1.29, 1.82) is 0 Å². The van der Waals surface area contributed by atoms with Crippen LogP contribution < -0.4 is 5.32 Å². The lowest BCUT2D eigenvalue weighted by Crippen LogP contribution is -2.25. The number of benzene rings is 4. The van der Waals surface area contributed by atoms with Crippen molar-refractivity contribution in [2.45, 2.75) is 38.5 Å². The summed E-state index contributed by atoms with van der Waals surface area (Å²) in [4.78, 5) is 13.2. The molecular weight excluding hydrogens is 533 g/mol. The highest BCUT2D eigenvalue weighted by molar-refractivity contribution is 6.31. The topological polar surface area (TPSA) is 34.0 Å². The van der Waals surface area contributed by atoms with E-state index in [0.29, 0.717) is 18.7 Å². The van der Waals surface area contributed by atoms with Crippen LogP contribution in [0.15, 0.2) is 103 Å². The van der Waals surface area contributed by atoms with Crippen molar-refractivity contribution in [1.82, 2.24) is 9.88 Å². The Morgan fingerprint density at radius 2 is 1.60 bits per heavy atom. The SMILES string of the molecule is Cc1ccc(Cn2cc([C@H](CC(=O)NCc3ccccc3)c3ccc(Cl)c(C(F)(F)F)c3)c3ccccc32)cc1. The molecule has 0 saturated carbocycles. The lowest BCUT2D eigenvalue weighted by Gasteiger charge is -2.19. The Hall–Kier alpha value is -4.03. The molecule has 40 heavy (non-hydrogen) atoms. The van der Waals surface area contributed by atoms with E-state index in [1.54, 1.807) is 6.07 Å². The summed E-state index contributed by atoms with van der Waals surface area (Å²) in [5, 5.41) is 3.45. The summed E-state index contributed by atoms with van der Waals surface area (Å²) in [6.07, 6.45) is -2.68. The van der Waals surface area contributed by atoms with Crippen LogP contribution in [0.5, 0.6) is 0 Å². The number of fused-ring (bicyclic) bond motifs is 1. The minimum Gasteiger partial charge on any atom is -0.352 e. The fraction of sp³-hybridized carbons (Fsp3) is 0.182. The van der Waals surface area contributed by atoms with Crippen molar-refractivity contribution in [3.63, 3.8) is 0 Å². The van der Waals surface area contributed by atoms with Gasteiger partial charge in [-0.3, -0.25) is 4.79 Å². The molecule has 5 rings (SSSR count). The van der Waals surface area contributed by atoms with E-state index in [1.807, 2.05) is 79.9 Å². The van der Waals surface area contributed by atoms with E-state index in [2.05, 4.69) is 22.0 Å². The molecule has 0 aliphatic carbocycles. The van der Waals surface area contributed by atoms with Crippen LogP contribution in [0.4, 0.5) is 13.2 Å². The molecule has 7 heteroatoms. The van der Waals surface area contributed by atoms with Crippen LogP contribution in [0, 0.1) is 6.92 Å². The second-order valence-corrected chi connectivity index (χ2v) is 10.4. The van der Waals surface area contributed by atoms with Crippen LogP contribution in [0.2, 0.25) is 5.02 Å². The molecule has 4 aromatic carbocycles. The van der Waals surface area contributed by atoms with E-state index < -0.39 is 17.7 Å². The first-order valence-electron chi connectivity index (χ1n) is 13.0. The quantitative estimate of drug-likeness (QED) is 0.203. The van der Waals surface area contributed by atoms with Gasteiger partial charge < -0.3 is 9.88 Å². The molecule has 0 fully saturated rings. The number of carbonyl (C=O) groups is 1. The maximum Gasteiger partial charge on any atom is 0.417 e. The molecule has 0 aliphatic rings. The van der Waals surface area contributed by atoms with E-state index in [9.17, 15) is 18.0 Å². The van der Waals surface area contributed by atoms with Gasteiger partial charge in [-0.15, -0.1) is 0 Å². The number of nitrogens with zero attached hydrogens (tertiary/aromatic N) is 1. The molecule has 0 unspecified atom stereocenters. The van der Waals surface area contributed by atoms with Crippen LogP contribution in [0.25, 0.3) is 10.9 Å². The molecule has 0 spiro atoms.